The van der Waals surface area contributed by atoms with Crippen LogP contribution in [0.4, 0.5) is 10.1 Å². The summed E-state index contributed by atoms with van der Waals surface area (Å²) in [5, 5.41) is 2.69. The lowest BCUT2D eigenvalue weighted by Gasteiger charge is -2.30. The lowest BCUT2D eigenvalue weighted by atomic mass is 9.87. The first-order valence-electron chi connectivity index (χ1n) is 10.2. The van der Waals surface area contributed by atoms with E-state index in [0.29, 0.717) is 5.75 Å². The molecular weight excluding hydrogens is 419 g/mol. The quantitative estimate of drug-likeness (QED) is 0.589. The van der Waals surface area contributed by atoms with E-state index in [1.165, 1.54) is 23.8 Å². The fraction of sp³-hybridized carbons (Fsp3) is 0.435. The summed E-state index contributed by atoms with van der Waals surface area (Å²) < 4.78 is 45.5. The second kappa shape index (κ2) is 10.1. The molecule has 31 heavy (non-hydrogen) atoms. The largest absolute Gasteiger partial charge is 0.492 e. The normalized spacial score (nSPS) is 12.8. The summed E-state index contributed by atoms with van der Waals surface area (Å²) in [4.78, 5) is 12.7. The highest BCUT2D eigenvalue weighted by molar-refractivity contribution is 7.92. The van der Waals surface area contributed by atoms with E-state index in [1.54, 1.807) is 6.92 Å². The topological polar surface area (TPSA) is 75.7 Å². The van der Waals surface area contributed by atoms with Gasteiger partial charge in [0.05, 0.1) is 18.5 Å². The average molecular weight is 451 g/mol. The molecule has 170 valence electrons. The van der Waals surface area contributed by atoms with Crippen molar-refractivity contribution in [1.29, 1.82) is 0 Å². The maximum Gasteiger partial charge on any atom is 0.244 e. The van der Waals surface area contributed by atoms with Gasteiger partial charge < -0.3 is 10.1 Å². The third-order valence-corrected chi connectivity index (χ3v) is 5.98. The van der Waals surface area contributed by atoms with E-state index in [-0.39, 0.29) is 30.7 Å². The minimum atomic E-state index is -3.89. The molecule has 6 nitrogen and oxygen atoms in total. The Morgan fingerprint density at radius 1 is 1.13 bits per heavy atom. The van der Waals surface area contributed by atoms with E-state index < -0.39 is 27.8 Å². The van der Waals surface area contributed by atoms with Gasteiger partial charge in [-0.05, 0) is 41.7 Å². The van der Waals surface area contributed by atoms with Crippen LogP contribution in [0, 0.1) is 5.82 Å². The molecule has 0 aromatic heterocycles. The van der Waals surface area contributed by atoms with Crippen molar-refractivity contribution in [3.63, 3.8) is 0 Å². The number of benzene rings is 2. The molecule has 0 aliphatic heterocycles. The molecule has 2 rings (SSSR count). The van der Waals surface area contributed by atoms with Crippen LogP contribution in [0.25, 0.3) is 0 Å². The Hall–Kier alpha value is -2.61. The van der Waals surface area contributed by atoms with Crippen LogP contribution in [0.15, 0.2) is 48.5 Å². The number of ether oxygens (including phenoxy) is 1. The standard InChI is InChI=1S/C23H31FN2O4S/c1-6-20(26(31(5,28)29)21-10-8-7-9-19(21)24)22(27)25-15-16-30-18-13-11-17(12-14-18)23(2,3)4/h7-14,20H,6,15-16H2,1-5H3,(H,25,27)/t20-/m1/s1. The number of hydrogen-bond donors (Lipinski definition) is 1. The molecular formula is C23H31FN2O4S. The highest BCUT2D eigenvalue weighted by Gasteiger charge is 2.32. The molecule has 0 saturated heterocycles. The van der Waals surface area contributed by atoms with Crippen molar-refractivity contribution in [2.24, 2.45) is 0 Å². The zero-order valence-corrected chi connectivity index (χ0v) is 19.5. The second-order valence-electron chi connectivity index (χ2n) is 8.35. The van der Waals surface area contributed by atoms with E-state index in [4.69, 9.17) is 4.74 Å². The van der Waals surface area contributed by atoms with E-state index in [2.05, 4.69) is 26.1 Å². The van der Waals surface area contributed by atoms with Crippen molar-refractivity contribution in [3.8, 4) is 5.75 Å². The summed E-state index contributed by atoms with van der Waals surface area (Å²) in [6.45, 7) is 8.47. The van der Waals surface area contributed by atoms with Gasteiger partial charge in [-0.3, -0.25) is 9.10 Å². The Bertz CT molecular complexity index is 985. The maximum absolute atomic E-state index is 14.3. The van der Waals surface area contributed by atoms with E-state index >= 15 is 0 Å². The Morgan fingerprint density at radius 3 is 2.26 bits per heavy atom. The van der Waals surface area contributed by atoms with Crippen molar-refractivity contribution in [2.45, 2.75) is 45.6 Å². The van der Waals surface area contributed by atoms with Crippen molar-refractivity contribution in [3.05, 3.63) is 59.9 Å². The summed E-state index contributed by atoms with van der Waals surface area (Å²) in [5.41, 5.74) is 1.08. The summed E-state index contributed by atoms with van der Waals surface area (Å²) in [6.07, 6.45) is 1.14. The van der Waals surface area contributed by atoms with Crippen molar-refractivity contribution < 1.29 is 22.3 Å². The molecule has 2 aromatic rings. The van der Waals surface area contributed by atoms with Gasteiger partial charge >= 0.3 is 0 Å². The molecule has 2 aromatic carbocycles. The minimum Gasteiger partial charge on any atom is -0.492 e. The molecule has 0 aliphatic rings. The van der Waals surface area contributed by atoms with Crippen LogP contribution in [0.1, 0.15) is 39.7 Å². The van der Waals surface area contributed by atoms with Gasteiger partial charge in [0.15, 0.2) is 0 Å². The average Bonchev–Trinajstić information content (AvgIpc) is 2.69. The SMILES string of the molecule is CC[C@H](C(=O)NCCOc1ccc(C(C)(C)C)cc1)N(c1ccccc1F)S(C)(=O)=O. The fourth-order valence-electron chi connectivity index (χ4n) is 3.18. The number of halogens is 1. The third kappa shape index (κ3) is 6.69. The number of rotatable bonds is 9. The molecule has 0 fully saturated rings. The number of carbonyl (C=O) groups excluding carboxylic acids is 1. The molecule has 1 amide bonds. The number of amides is 1. The molecule has 0 radical (unpaired) electrons. The Labute approximate surface area is 184 Å². The van der Waals surface area contributed by atoms with Gasteiger partial charge in [0, 0.05) is 0 Å². The predicted molar refractivity (Wildman–Crippen MR) is 121 cm³/mol. The zero-order valence-electron chi connectivity index (χ0n) is 18.7. The Kier molecular flexibility index (Phi) is 8.06. The van der Waals surface area contributed by atoms with Crippen LogP contribution >= 0.6 is 0 Å². The minimum absolute atomic E-state index is 0.0470. The van der Waals surface area contributed by atoms with Crippen LogP contribution in [-0.2, 0) is 20.2 Å². The third-order valence-electron chi connectivity index (χ3n) is 4.81. The molecule has 1 N–H and O–H groups in total. The number of para-hydroxylation sites is 1. The Morgan fingerprint density at radius 2 is 1.74 bits per heavy atom. The molecule has 0 spiro atoms. The summed E-state index contributed by atoms with van der Waals surface area (Å²) in [6, 6.07) is 12.2. The number of nitrogens with zero attached hydrogens (tertiary/aromatic N) is 1. The molecule has 0 unspecified atom stereocenters. The number of carbonyl (C=O) groups is 1. The van der Waals surface area contributed by atoms with Crippen LogP contribution in [-0.4, -0.2) is 39.8 Å². The summed E-state index contributed by atoms with van der Waals surface area (Å²) in [7, 11) is -3.89. The molecule has 0 heterocycles. The monoisotopic (exact) mass is 450 g/mol. The second-order valence-corrected chi connectivity index (χ2v) is 10.2. The number of hydrogen-bond acceptors (Lipinski definition) is 4. The lowest BCUT2D eigenvalue weighted by molar-refractivity contribution is -0.122. The summed E-state index contributed by atoms with van der Waals surface area (Å²) >= 11 is 0. The van der Waals surface area contributed by atoms with E-state index in [0.717, 1.165) is 16.6 Å². The van der Waals surface area contributed by atoms with Crippen molar-refractivity contribution in [2.75, 3.05) is 23.7 Å². The zero-order chi connectivity index (χ0) is 23.2. The van der Waals surface area contributed by atoms with Gasteiger partial charge in [0.25, 0.3) is 0 Å². The van der Waals surface area contributed by atoms with E-state index in [1.807, 2.05) is 24.3 Å². The molecule has 0 saturated carbocycles. The molecule has 8 heteroatoms. The number of sulfonamides is 1. The highest BCUT2D eigenvalue weighted by atomic mass is 32.2. The van der Waals surface area contributed by atoms with Crippen LogP contribution in [0.5, 0.6) is 5.75 Å². The van der Waals surface area contributed by atoms with Gasteiger partial charge in [-0.25, -0.2) is 12.8 Å². The van der Waals surface area contributed by atoms with Crippen LogP contribution in [0.3, 0.4) is 0 Å². The maximum atomic E-state index is 14.3. The van der Waals surface area contributed by atoms with Gasteiger partial charge in [-0.15, -0.1) is 0 Å². The van der Waals surface area contributed by atoms with Gasteiger partial charge in [0.1, 0.15) is 24.2 Å². The summed E-state index contributed by atoms with van der Waals surface area (Å²) in [5.74, 6) is -0.539. The molecule has 1 atom stereocenters. The molecule has 0 bridgehead atoms. The highest BCUT2D eigenvalue weighted by Crippen LogP contribution is 2.26. The first-order chi connectivity index (χ1) is 14.4. The van der Waals surface area contributed by atoms with Crippen LogP contribution in [0.2, 0.25) is 0 Å². The van der Waals surface area contributed by atoms with Crippen molar-refractivity contribution >= 4 is 21.6 Å². The number of anilines is 1. The first-order valence-corrected chi connectivity index (χ1v) is 12.0. The van der Waals surface area contributed by atoms with Gasteiger partial charge in [0.2, 0.25) is 15.9 Å². The molecule has 0 aliphatic carbocycles. The lowest BCUT2D eigenvalue weighted by Crippen LogP contribution is -2.50. The fourth-order valence-corrected chi connectivity index (χ4v) is 4.39. The van der Waals surface area contributed by atoms with Crippen LogP contribution < -0.4 is 14.4 Å². The Balaban J connectivity index is 2.01. The smallest absolute Gasteiger partial charge is 0.244 e. The predicted octanol–water partition coefficient (Wildman–Crippen LogP) is 3.86. The van der Waals surface area contributed by atoms with Gasteiger partial charge in [-0.1, -0.05) is 52.0 Å². The van der Waals surface area contributed by atoms with Gasteiger partial charge in [-0.2, -0.15) is 0 Å². The van der Waals surface area contributed by atoms with E-state index in [9.17, 15) is 17.6 Å². The van der Waals surface area contributed by atoms with Crippen molar-refractivity contribution in [1.82, 2.24) is 5.32 Å². The number of nitrogens with one attached hydrogen (secondary N) is 1. The first kappa shape index (κ1) is 24.7.